The van der Waals surface area contributed by atoms with Crippen LogP contribution in [0.1, 0.15) is 50.5 Å². The smallest absolute Gasteiger partial charge is 0.262 e. The molecule has 7 heteroatoms. The number of hydrogen-bond donors (Lipinski definition) is 1. The molecule has 1 saturated carbocycles. The molecule has 1 aliphatic heterocycles. The van der Waals surface area contributed by atoms with Crippen molar-refractivity contribution in [1.82, 2.24) is 10.2 Å². The van der Waals surface area contributed by atoms with Crippen molar-refractivity contribution in [2.24, 2.45) is 0 Å². The Morgan fingerprint density at radius 1 is 1.17 bits per heavy atom. The van der Waals surface area contributed by atoms with Crippen LogP contribution in [-0.2, 0) is 9.59 Å². The summed E-state index contributed by atoms with van der Waals surface area (Å²) < 4.78 is 11.0. The van der Waals surface area contributed by atoms with Crippen LogP contribution in [0.25, 0.3) is 6.08 Å². The Morgan fingerprint density at radius 3 is 2.57 bits per heavy atom. The molecule has 1 saturated heterocycles. The Morgan fingerprint density at radius 2 is 1.90 bits per heavy atom. The van der Waals surface area contributed by atoms with Crippen LogP contribution in [0, 0.1) is 11.3 Å². The molecule has 30 heavy (non-hydrogen) atoms. The quantitative estimate of drug-likeness (QED) is 0.550. The van der Waals surface area contributed by atoms with Gasteiger partial charge in [-0.2, -0.15) is 5.26 Å². The van der Waals surface area contributed by atoms with Crippen molar-refractivity contribution in [2.75, 3.05) is 26.8 Å². The van der Waals surface area contributed by atoms with Crippen LogP contribution in [0.4, 0.5) is 0 Å². The lowest BCUT2D eigenvalue weighted by molar-refractivity contribution is -0.132. The molecule has 2 amide bonds. The molecule has 0 aromatic heterocycles. The van der Waals surface area contributed by atoms with Gasteiger partial charge in [-0.15, -0.1) is 0 Å². The maximum absolute atomic E-state index is 12.5. The summed E-state index contributed by atoms with van der Waals surface area (Å²) in [5.41, 5.74) is 0.709. The number of benzene rings is 1. The van der Waals surface area contributed by atoms with Crippen molar-refractivity contribution in [2.45, 2.75) is 51.0 Å². The average Bonchev–Trinajstić information content (AvgIpc) is 3.31. The van der Waals surface area contributed by atoms with E-state index in [2.05, 4.69) is 5.32 Å². The number of nitrogens with one attached hydrogen (secondary N) is 1. The first-order valence-corrected chi connectivity index (χ1v) is 10.6. The topological polar surface area (TPSA) is 91.7 Å². The van der Waals surface area contributed by atoms with Crippen LogP contribution >= 0.6 is 0 Å². The van der Waals surface area contributed by atoms with Gasteiger partial charge >= 0.3 is 0 Å². The molecule has 0 bridgehead atoms. The number of hydrogen-bond acceptors (Lipinski definition) is 5. The SMILES string of the molecule is COc1cc(/C=C(\C#N)C(=O)NC2CCCCC2)ccc1OCC(=O)N1CCCC1. The summed E-state index contributed by atoms with van der Waals surface area (Å²) in [7, 11) is 1.51. The fourth-order valence-corrected chi connectivity index (χ4v) is 3.92. The largest absolute Gasteiger partial charge is 0.493 e. The molecule has 3 rings (SSSR count). The highest BCUT2D eigenvalue weighted by atomic mass is 16.5. The van der Waals surface area contributed by atoms with Gasteiger partial charge in [-0.3, -0.25) is 9.59 Å². The van der Waals surface area contributed by atoms with Crippen molar-refractivity contribution >= 4 is 17.9 Å². The average molecular weight is 412 g/mol. The molecule has 7 nitrogen and oxygen atoms in total. The van der Waals surface area contributed by atoms with Gasteiger partial charge in [0.1, 0.15) is 11.6 Å². The molecular formula is C23H29N3O4. The van der Waals surface area contributed by atoms with E-state index in [9.17, 15) is 14.9 Å². The fraction of sp³-hybridized carbons (Fsp3) is 0.522. The number of ether oxygens (including phenoxy) is 2. The zero-order valence-electron chi connectivity index (χ0n) is 17.5. The fourth-order valence-electron chi connectivity index (χ4n) is 3.92. The van der Waals surface area contributed by atoms with E-state index in [1.807, 2.05) is 6.07 Å². The maximum atomic E-state index is 12.5. The molecule has 0 radical (unpaired) electrons. The zero-order chi connectivity index (χ0) is 21.3. The molecule has 0 unspecified atom stereocenters. The van der Waals surface area contributed by atoms with E-state index in [1.54, 1.807) is 29.2 Å². The highest BCUT2D eigenvalue weighted by molar-refractivity contribution is 6.01. The van der Waals surface area contributed by atoms with Gasteiger partial charge in [-0.1, -0.05) is 25.3 Å². The second kappa shape index (κ2) is 10.7. The van der Waals surface area contributed by atoms with Gasteiger partial charge in [-0.25, -0.2) is 0 Å². The molecule has 1 heterocycles. The number of nitriles is 1. The second-order valence-electron chi connectivity index (χ2n) is 7.77. The zero-order valence-corrected chi connectivity index (χ0v) is 17.5. The van der Waals surface area contributed by atoms with Crippen LogP contribution < -0.4 is 14.8 Å². The third-order valence-electron chi connectivity index (χ3n) is 5.61. The van der Waals surface area contributed by atoms with Crippen molar-refractivity contribution in [3.05, 3.63) is 29.3 Å². The minimum Gasteiger partial charge on any atom is -0.493 e. The third kappa shape index (κ3) is 5.76. The summed E-state index contributed by atoms with van der Waals surface area (Å²) in [6, 6.07) is 7.26. The molecule has 2 aliphatic rings. The summed E-state index contributed by atoms with van der Waals surface area (Å²) in [6.07, 6.45) is 8.94. The molecule has 0 atom stereocenters. The molecule has 2 fully saturated rings. The molecular weight excluding hydrogens is 382 g/mol. The van der Waals surface area contributed by atoms with Crippen molar-refractivity contribution in [1.29, 1.82) is 5.26 Å². The number of methoxy groups -OCH3 is 1. The van der Waals surface area contributed by atoms with E-state index in [0.29, 0.717) is 17.1 Å². The van der Waals surface area contributed by atoms with Crippen LogP contribution in [0.5, 0.6) is 11.5 Å². The summed E-state index contributed by atoms with van der Waals surface area (Å²) in [4.78, 5) is 26.4. The highest BCUT2D eigenvalue weighted by Crippen LogP contribution is 2.29. The lowest BCUT2D eigenvalue weighted by Gasteiger charge is -2.22. The molecule has 1 aromatic rings. The molecule has 0 spiro atoms. The van der Waals surface area contributed by atoms with Gasteiger partial charge in [0.25, 0.3) is 11.8 Å². The first-order chi connectivity index (χ1) is 14.6. The van der Waals surface area contributed by atoms with Crippen molar-refractivity contribution < 1.29 is 19.1 Å². The van der Waals surface area contributed by atoms with Crippen LogP contribution in [0.3, 0.4) is 0 Å². The van der Waals surface area contributed by atoms with Gasteiger partial charge < -0.3 is 19.7 Å². The maximum Gasteiger partial charge on any atom is 0.262 e. The highest BCUT2D eigenvalue weighted by Gasteiger charge is 2.20. The van der Waals surface area contributed by atoms with E-state index < -0.39 is 0 Å². The van der Waals surface area contributed by atoms with Crippen LogP contribution in [0.2, 0.25) is 0 Å². The second-order valence-corrected chi connectivity index (χ2v) is 7.77. The first kappa shape index (κ1) is 21.7. The molecule has 160 valence electrons. The molecule has 1 N–H and O–H groups in total. The van der Waals surface area contributed by atoms with Gasteiger partial charge in [-0.05, 0) is 49.5 Å². The normalized spacial score (nSPS) is 17.3. The predicted octanol–water partition coefficient (Wildman–Crippen LogP) is 3.05. The van der Waals surface area contributed by atoms with Crippen molar-refractivity contribution in [3.63, 3.8) is 0 Å². The lowest BCUT2D eigenvalue weighted by Crippen LogP contribution is -2.36. The number of amides is 2. The van der Waals surface area contributed by atoms with Crippen molar-refractivity contribution in [3.8, 4) is 17.6 Å². The predicted molar refractivity (Wildman–Crippen MR) is 113 cm³/mol. The number of nitrogens with zero attached hydrogens (tertiary/aromatic N) is 2. The summed E-state index contributed by atoms with van der Waals surface area (Å²) in [5.74, 6) is 0.514. The lowest BCUT2D eigenvalue weighted by atomic mass is 9.95. The Labute approximate surface area is 177 Å². The number of carbonyl (C=O) groups is 2. The Bertz CT molecular complexity index is 831. The molecule has 1 aliphatic carbocycles. The summed E-state index contributed by atoms with van der Waals surface area (Å²) in [6.45, 7) is 1.52. The Balaban J connectivity index is 1.65. The van der Waals surface area contributed by atoms with E-state index in [4.69, 9.17) is 9.47 Å². The van der Waals surface area contributed by atoms with Gasteiger partial charge in [0.15, 0.2) is 18.1 Å². The van der Waals surface area contributed by atoms with E-state index in [0.717, 1.165) is 51.6 Å². The molecule has 1 aromatic carbocycles. The van der Waals surface area contributed by atoms with Gasteiger partial charge in [0.2, 0.25) is 0 Å². The number of likely N-dealkylation sites (tertiary alicyclic amines) is 1. The minimum absolute atomic E-state index is 0.0373. The van der Waals surface area contributed by atoms with Gasteiger partial charge in [0, 0.05) is 19.1 Å². The number of rotatable bonds is 7. The van der Waals surface area contributed by atoms with Crippen LogP contribution in [0.15, 0.2) is 23.8 Å². The van der Waals surface area contributed by atoms with E-state index in [-0.39, 0.29) is 30.0 Å². The Hall–Kier alpha value is -3.01. The van der Waals surface area contributed by atoms with Gasteiger partial charge in [0.05, 0.1) is 7.11 Å². The van der Waals surface area contributed by atoms with Crippen LogP contribution in [-0.4, -0.2) is 49.6 Å². The van der Waals surface area contributed by atoms with E-state index >= 15 is 0 Å². The first-order valence-electron chi connectivity index (χ1n) is 10.6. The number of carbonyl (C=O) groups excluding carboxylic acids is 2. The summed E-state index contributed by atoms with van der Waals surface area (Å²) >= 11 is 0. The minimum atomic E-state index is -0.347. The summed E-state index contributed by atoms with van der Waals surface area (Å²) in [5, 5.41) is 12.4. The standard InChI is InChI=1S/C23H29N3O4/c1-29-21-14-17(9-10-20(21)30-16-22(27)26-11-5-6-12-26)13-18(15-24)23(28)25-19-7-3-2-4-8-19/h9-10,13-14,19H,2-8,11-12,16H2,1H3,(H,25,28)/b18-13+. The third-order valence-corrected chi connectivity index (χ3v) is 5.61. The monoisotopic (exact) mass is 411 g/mol. The Kier molecular flexibility index (Phi) is 7.72. The van der Waals surface area contributed by atoms with E-state index in [1.165, 1.54) is 13.5 Å².